The first kappa shape index (κ1) is 35.5. The van der Waals surface area contributed by atoms with Crippen LogP contribution in [0.5, 0.6) is 0 Å². The number of alkyl carbamates (subject to hydrolysis) is 2. The molecule has 20 nitrogen and oxygen atoms in total. The molecule has 4 heterocycles. The van der Waals surface area contributed by atoms with Crippen molar-refractivity contribution in [2.24, 2.45) is 10.8 Å². The van der Waals surface area contributed by atoms with Gasteiger partial charge >= 0.3 is 24.1 Å². The Labute approximate surface area is 285 Å². The Bertz CT molecular complexity index is 1860. The van der Waals surface area contributed by atoms with Crippen molar-refractivity contribution in [1.82, 2.24) is 49.7 Å². The zero-order chi connectivity index (χ0) is 35.9. The number of amides is 2. The number of nitrogens with zero attached hydrogens (tertiary/aromatic N) is 8. The Kier molecular flexibility index (Phi) is 10.8. The van der Waals surface area contributed by atoms with Gasteiger partial charge in [0.2, 0.25) is 0 Å². The summed E-state index contributed by atoms with van der Waals surface area (Å²) in [6.45, 7) is 5.64. The molecule has 5 rings (SSSR count). The molecule has 6 N–H and O–H groups in total. The second kappa shape index (κ2) is 15.2. The number of hydrogen-bond donors (Lipinski definition) is 4. The number of aromatic nitrogens is 8. The van der Waals surface area contributed by atoms with Crippen molar-refractivity contribution in [1.29, 1.82) is 0 Å². The molecule has 0 bridgehead atoms. The monoisotopic (exact) mass is 696 g/mol. The third kappa shape index (κ3) is 9.20. The fourth-order valence-electron chi connectivity index (χ4n) is 6.39. The number of nitrogens with one attached hydrogen (secondary N) is 2. The minimum absolute atomic E-state index is 0.137. The van der Waals surface area contributed by atoms with Crippen LogP contribution in [-0.4, -0.2) is 102 Å². The molecule has 2 atom stereocenters. The number of carbonyl (C=O) groups excluding carboxylic acids is 4. The highest BCUT2D eigenvalue weighted by Gasteiger charge is 2.42. The van der Waals surface area contributed by atoms with Gasteiger partial charge < -0.3 is 50.2 Å². The molecule has 50 heavy (non-hydrogen) atoms. The van der Waals surface area contributed by atoms with Gasteiger partial charge in [0.15, 0.2) is 22.9 Å². The fourth-order valence-corrected chi connectivity index (χ4v) is 6.39. The van der Waals surface area contributed by atoms with E-state index in [0.29, 0.717) is 41.7 Å². The van der Waals surface area contributed by atoms with E-state index in [4.69, 9.17) is 30.4 Å². The molecular weight excluding hydrogens is 656 g/mol. The summed E-state index contributed by atoms with van der Waals surface area (Å²) < 4.78 is 23.8. The van der Waals surface area contributed by atoms with Crippen LogP contribution in [0.4, 0.5) is 21.2 Å². The zero-order valence-corrected chi connectivity index (χ0v) is 28.0. The molecule has 0 radical (unpaired) electrons. The number of anilines is 2. The van der Waals surface area contributed by atoms with Crippen LogP contribution in [0, 0.1) is 10.8 Å². The Morgan fingerprint density at radius 1 is 0.740 bits per heavy atom. The topological polar surface area (TPSA) is 268 Å². The highest BCUT2D eigenvalue weighted by atomic mass is 16.6. The number of fused-ring (bicyclic) bond motifs is 2. The summed E-state index contributed by atoms with van der Waals surface area (Å²) in [6, 6.07) is -0.226. The zero-order valence-electron chi connectivity index (χ0n) is 28.0. The molecule has 0 aliphatic heterocycles. The smallest absolute Gasteiger partial charge is 0.407 e. The SMILES string of the molecule is CC1(C)CC(NC(=O)OCCOC(=O)Cn2cnc3c(N)ncnc32)CC(C)(CNC(=O)OCCOC(=O)Cn2cnc3c(N)ncnc32)C1. The highest BCUT2D eigenvalue weighted by molar-refractivity contribution is 5.83. The van der Waals surface area contributed by atoms with Gasteiger partial charge in [0.05, 0.1) is 12.7 Å². The molecular formula is C30H40N12O8. The summed E-state index contributed by atoms with van der Waals surface area (Å²) in [5.41, 5.74) is 12.6. The average Bonchev–Trinajstić information content (AvgIpc) is 3.65. The number of hydrogen-bond acceptors (Lipinski definition) is 16. The lowest BCUT2D eigenvalue weighted by Gasteiger charge is -2.46. The lowest BCUT2D eigenvalue weighted by atomic mass is 9.62. The maximum atomic E-state index is 12.6. The van der Waals surface area contributed by atoms with Crippen LogP contribution in [0.1, 0.15) is 40.0 Å². The van der Waals surface area contributed by atoms with E-state index in [2.05, 4.69) is 54.4 Å². The van der Waals surface area contributed by atoms with Crippen LogP contribution in [0.2, 0.25) is 0 Å². The van der Waals surface area contributed by atoms with E-state index in [-0.39, 0.29) is 68.0 Å². The van der Waals surface area contributed by atoms with Crippen LogP contribution in [0.25, 0.3) is 22.3 Å². The summed E-state index contributed by atoms with van der Waals surface area (Å²) in [7, 11) is 0. The second-order valence-corrected chi connectivity index (χ2v) is 13.1. The van der Waals surface area contributed by atoms with E-state index >= 15 is 0 Å². The Balaban J connectivity index is 0.977. The average molecular weight is 697 g/mol. The summed E-state index contributed by atoms with van der Waals surface area (Å²) in [6.07, 6.45) is 6.15. The van der Waals surface area contributed by atoms with Crippen LogP contribution in [0.15, 0.2) is 25.3 Å². The number of ether oxygens (including phenoxy) is 4. The van der Waals surface area contributed by atoms with E-state index in [1.54, 1.807) is 0 Å². The maximum absolute atomic E-state index is 12.6. The number of nitrogens with two attached hydrogens (primary N) is 2. The Hall–Kier alpha value is -5.82. The van der Waals surface area contributed by atoms with Gasteiger partial charge in [0.25, 0.3) is 0 Å². The molecule has 1 aliphatic carbocycles. The molecule has 1 fully saturated rings. The number of nitrogen functional groups attached to an aromatic ring is 2. The van der Waals surface area contributed by atoms with Crippen LogP contribution < -0.4 is 22.1 Å². The molecule has 0 saturated heterocycles. The molecule has 1 saturated carbocycles. The van der Waals surface area contributed by atoms with Crippen LogP contribution in [-0.2, 0) is 41.6 Å². The standard InChI is InChI=1S/C30H40N12O8/c1-29(2)8-18(40-28(46)50-7-5-48-20(44)11-42-17-39-22-24(32)35-15-37-26(22)42)9-30(3,12-29)13-33-27(45)49-6-4-47-19(43)10-41-16-38-21-23(31)34-14-36-25(21)41/h14-18H,4-13H2,1-3H3,(H,33,45)(H,40,46)(H2,31,34,36)(H2,32,35,37). The molecule has 2 amide bonds. The molecule has 4 aromatic heterocycles. The second-order valence-electron chi connectivity index (χ2n) is 13.1. The predicted molar refractivity (Wildman–Crippen MR) is 175 cm³/mol. The minimum atomic E-state index is -0.657. The first-order valence-corrected chi connectivity index (χ1v) is 15.8. The van der Waals surface area contributed by atoms with E-state index in [1.807, 2.05) is 6.92 Å². The van der Waals surface area contributed by atoms with Gasteiger partial charge in [0.1, 0.15) is 63.2 Å². The number of imidazole rings is 2. The van der Waals surface area contributed by atoms with E-state index in [9.17, 15) is 19.2 Å². The van der Waals surface area contributed by atoms with Crippen LogP contribution in [0.3, 0.4) is 0 Å². The summed E-state index contributed by atoms with van der Waals surface area (Å²) in [5, 5.41) is 5.68. The van der Waals surface area contributed by atoms with Gasteiger partial charge in [-0.15, -0.1) is 0 Å². The predicted octanol–water partition coefficient (Wildman–Crippen LogP) is 0.954. The van der Waals surface area contributed by atoms with Gasteiger partial charge in [-0.3, -0.25) is 9.59 Å². The van der Waals surface area contributed by atoms with Gasteiger partial charge in [-0.05, 0) is 30.1 Å². The molecule has 0 spiro atoms. The molecule has 0 aromatic carbocycles. The van der Waals surface area contributed by atoms with Gasteiger partial charge in [0, 0.05) is 12.6 Å². The van der Waals surface area contributed by atoms with E-state index < -0.39 is 24.1 Å². The van der Waals surface area contributed by atoms with Gasteiger partial charge in [-0.25, -0.2) is 39.5 Å². The molecule has 20 heteroatoms. The van der Waals surface area contributed by atoms with Crippen molar-refractivity contribution in [3.8, 4) is 0 Å². The molecule has 2 unspecified atom stereocenters. The largest absolute Gasteiger partial charge is 0.461 e. The third-order valence-electron chi connectivity index (χ3n) is 8.04. The molecule has 4 aromatic rings. The van der Waals surface area contributed by atoms with Crippen molar-refractivity contribution in [2.45, 2.75) is 59.2 Å². The normalized spacial score (nSPS) is 18.3. The number of carbonyl (C=O) groups is 4. The highest BCUT2D eigenvalue weighted by Crippen LogP contribution is 2.45. The van der Waals surface area contributed by atoms with Crippen molar-refractivity contribution in [2.75, 3.05) is 44.4 Å². The number of rotatable bonds is 13. The van der Waals surface area contributed by atoms with E-state index in [1.165, 1.54) is 34.4 Å². The van der Waals surface area contributed by atoms with E-state index in [0.717, 1.165) is 6.42 Å². The van der Waals surface area contributed by atoms with Crippen molar-refractivity contribution >= 4 is 58.1 Å². The lowest BCUT2D eigenvalue weighted by molar-refractivity contribution is -0.146. The fraction of sp³-hybridized carbons (Fsp3) is 0.533. The number of esters is 2. The first-order chi connectivity index (χ1) is 23.8. The third-order valence-corrected chi connectivity index (χ3v) is 8.04. The van der Waals surface area contributed by atoms with Crippen molar-refractivity contribution < 1.29 is 38.1 Å². The van der Waals surface area contributed by atoms with Crippen molar-refractivity contribution in [3.63, 3.8) is 0 Å². The molecule has 268 valence electrons. The maximum Gasteiger partial charge on any atom is 0.407 e. The van der Waals surface area contributed by atoms with Gasteiger partial charge in [-0.1, -0.05) is 20.8 Å². The van der Waals surface area contributed by atoms with Crippen LogP contribution >= 0.6 is 0 Å². The Morgan fingerprint density at radius 2 is 1.24 bits per heavy atom. The Morgan fingerprint density at radius 3 is 1.78 bits per heavy atom. The summed E-state index contributed by atoms with van der Waals surface area (Å²) in [4.78, 5) is 73.6. The quantitative estimate of drug-likeness (QED) is 0.0861. The van der Waals surface area contributed by atoms with Crippen molar-refractivity contribution in [3.05, 3.63) is 25.3 Å². The minimum Gasteiger partial charge on any atom is -0.461 e. The summed E-state index contributed by atoms with van der Waals surface area (Å²) in [5.74, 6) is -0.725. The summed E-state index contributed by atoms with van der Waals surface area (Å²) >= 11 is 0. The molecule has 1 aliphatic rings. The van der Waals surface area contributed by atoms with Gasteiger partial charge in [-0.2, -0.15) is 0 Å². The first-order valence-electron chi connectivity index (χ1n) is 15.8. The lowest BCUT2D eigenvalue weighted by Crippen LogP contribution is -2.50.